The van der Waals surface area contributed by atoms with Gasteiger partial charge < -0.3 is 4.57 Å². The van der Waals surface area contributed by atoms with Gasteiger partial charge in [-0.1, -0.05) is 140 Å². The Morgan fingerprint density at radius 3 is 1.80 bits per heavy atom. The Bertz CT molecular complexity index is 2890. The molecule has 10 rings (SSSR count). The number of aromatic nitrogens is 4. The third-order valence-corrected chi connectivity index (χ3v) is 9.60. The first-order valence-electron chi connectivity index (χ1n) is 16.5. The summed E-state index contributed by atoms with van der Waals surface area (Å²) < 4.78 is 2.36. The molecule has 2 heterocycles. The fourth-order valence-corrected chi connectivity index (χ4v) is 7.38. The summed E-state index contributed by atoms with van der Waals surface area (Å²) in [7, 11) is 0. The van der Waals surface area contributed by atoms with Gasteiger partial charge in [-0.2, -0.15) is 0 Å². The zero-order valence-corrected chi connectivity index (χ0v) is 26.5. The molecule has 0 saturated carbocycles. The van der Waals surface area contributed by atoms with Crippen molar-refractivity contribution in [3.8, 4) is 39.9 Å². The van der Waals surface area contributed by atoms with Crippen LogP contribution in [0.25, 0.3) is 94.0 Å². The number of benzene rings is 8. The fraction of sp³-hybridized carbons (Fsp3) is 0. The molecule has 0 amide bonds. The number of rotatable bonds is 4. The molecule has 0 N–H and O–H groups in total. The van der Waals surface area contributed by atoms with E-state index in [2.05, 4.69) is 156 Å². The van der Waals surface area contributed by atoms with Gasteiger partial charge >= 0.3 is 0 Å². The van der Waals surface area contributed by atoms with Crippen LogP contribution in [0, 0.1) is 0 Å². The maximum atomic E-state index is 5.21. The molecule has 0 saturated heterocycles. The van der Waals surface area contributed by atoms with Crippen molar-refractivity contribution in [1.29, 1.82) is 0 Å². The van der Waals surface area contributed by atoms with Crippen molar-refractivity contribution in [2.75, 3.05) is 0 Å². The molecule has 10 aromatic rings. The molecule has 0 aliphatic rings. The van der Waals surface area contributed by atoms with Gasteiger partial charge in [-0.15, -0.1) is 0 Å². The van der Waals surface area contributed by atoms with Crippen LogP contribution in [-0.4, -0.2) is 19.5 Å². The summed E-state index contributed by atoms with van der Waals surface area (Å²) >= 11 is 0. The molecule has 0 atom stereocenters. The second-order valence-corrected chi connectivity index (χ2v) is 12.4. The Kier molecular flexibility index (Phi) is 6.15. The highest BCUT2D eigenvalue weighted by Crippen LogP contribution is 2.38. The Balaban J connectivity index is 1.22. The average molecular weight is 625 g/mol. The monoisotopic (exact) mass is 624 g/mol. The molecule has 0 aliphatic carbocycles. The number of hydrogen-bond acceptors (Lipinski definition) is 3. The van der Waals surface area contributed by atoms with E-state index in [4.69, 9.17) is 15.0 Å². The third kappa shape index (κ3) is 4.42. The van der Waals surface area contributed by atoms with Gasteiger partial charge in [0, 0.05) is 33.2 Å². The lowest BCUT2D eigenvalue weighted by atomic mass is 9.97. The van der Waals surface area contributed by atoms with E-state index in [1.165, 1.54) is 37.8 Å². The summed E-state index contributed by atoms with van der Waals surface area (Å²) in [6.45, 7) is 0. The number of fused-ring (bicyclic) bond motifs is 8. The van der Waals surface area contributed by atoms with Crippen molar-refractivity contribution in [3.05, 3.63) is 170 Å². The summed E-state index contributed by atoms with van der Waals surface area (Å²) in [5.41, 5.74) is 6.24. The normalized spacial score (nSPS) is 11.7. The van der Waals surface area contributed by atoms with Crippen LogP contribution in [0.5, 0.6) is 0 Å². The van der Waals surface area contributed by atoms with Gasteiger partial charge in [0.05, 0.1) is 11.0 Å². The standard InChI is InChI=1S/C45H28N4/c1-2-14-30(15-3-1)43-46-44(48-45(47-43)39-28-31-16-5-6-19-34(31)36-21-8-9-22-37(36)39)32-17-12-18-33(27-32)49-40-24-11-10-23-38(40)42-35-20-7-4-13-29(35)25-26-41(42)49/h1-28H. The minimum atomic E-state index is 0.633. The summed E-state index contributed by atoms with van der Waals surface area (Å²) in [4.78, 5) is 15.4. The van der Waals surface area contributed by atoms with E-state index in [-0.39, 0.29) is 0 Å². The summed E-state index contributed by atoms with van der Waals surface area (Å²) in [5, 5.41) is 9.64. The lowest BCUT2D eigenvalue weighted by Crippen LogP contribution is -2.01. The molecule has 2 aromatic heterocycles. The summed E-state index contributed by atoms with van der Waals surface area (Å²) in [5.74, 6) is 1.93. The van der Waals surface area contributed by atoms with Gasteiger partial charge in [-0.3, -0.25) is 0 Å². The van der Waals surface area contributed by atoms with Gasteiger partial charge in [0.15, 0.2) is 17.5 Å². The zero-order chi connectivity index (χ0) is 32.3. The fourth-order valence-electron chi connectivity index (χ4n) is 7.38. The van der Waals surface area contributed by atoms with E-state index in [0.29, 0.717) is 17.5 Å². The Morgan fingerprint density at radius 1 is 0.347 bits per heavy atom. The minimum absolute atomic E-state index is 0.633. The molecule has 4 nitrogen and oxygen atoms in total. The first kappa shape index (κ1) is 27.5. The summed E-state index contributed by atoms with van der Waals surface area (Å²) in [6.07, 6.45) is 0. The summed E-state index contributed by atoms with van der Waals surface area (Å²) in [6, 6.07) is 59.7. The van der Waals surface area contributed by atoms with Crippen molar-refractivity contribution in [2.24, 2.45) is 0 Å². The van der Waals surface area contributed by atoms with Crippen molar-refractivity contribution in [2.45, 2.75) is 0 Å². The van der Waals surface area contributed by atoms with Crippen molar-refractivity contribution < 1.29 is 0 Å². The molecular formula is C45H28N4. The zero-order valence-electron chi connectivity index (χ0n) is 26.5. The molecule has 0 spiro atoms. The van der Waals surface area contributed by atoms with Gasteiger partial charge in [0.25, 0.3) is 0 Å². The Hall–Kier alpha value is -6.65. The van der Waals surface area contributed by atoms with Gasteiger partial charge in [-0.25, -0.2) is 15.0 Å². The average Bonchev–Trinajstić information content (AvgIpc) is 3.53. The topological polar surface area (TPSA) is 43.6 Å². The SMILES string of the molecule is c1ccc(-c2nc(-c3cccc(-n4c5ccccc5c5c6ccccc6ccc54)c3)nc(-c3cc4ccccc4c4ccccc34)n2)cc1. The largest absolute Gasteiger partial charge is 0.309 e. The minimum Gasteiger partial charge on any atom is -0.309 e. The second kappa shape index (κ2) is 11.0. The third-order valence-electron chi connectivity index (χ3n) is 9.60. The smallest absolute Gasteiger partial charge is 0.164 e. The van der Waals surface area contributed by atoms with E-state index < -0.39 is 0 Å². The lowest BCUT2D eigenvalue weighted by Gasteiger charge is -2.13. The van der Waals surface area contributed by atoms with E-state index in [9.17, 15) is 0 Å². The lowest BCUT2D eigenvalue weighted by molar-refractivity contribution is 1.07. The molecule has 8 aromatic carbocycles. The number of para-hydroxylation sites is 1. The first-order chi connectivity index (χ1) is 24.3. The first-order valence-corrected chi connectivity index (χ1v) is 16.5. The van der Waals surface area contributed by atoms with E-state index in [0.717, 1.165) is 38.7 Å². The molecule has 4 heteroatoms. The van der Waals surface area contributed by atoms with Gasteiger partial charge in [-0.05, 0) is 62.6 Å². The van der Waals surface area contributed by atoms with Crippen LogP contribution in [0.3, 0.4) is 0 Å². The Morgan fingerprint density at radius 2 is 0.959 bits per heavy atom. The van der Waals surface area contributed by atoms with Crippen molar-refractivity contribution in [1.82, 2.24) is 19.5 Å². The van der Waals surface area contributed by atoms with Crippen LogP contribution in [0.1, 0.15) is 0 Å². The van der Waals surface area contributed by atoms with Crippen LogP contribution in [-0.2, 0) is 0 Å². The Labute approximate surface area is 282 Å². The van der Waals surface area contributed by atoms with Crippen LogP contribution in [0.4, 0.5) is 0 Å². The van der Waals surface area contributed by atoms with Crippen LogP contribution < -0.4 is 0 Å². The van der Waals surface area contributed by atoms with Gasteiger partial charge in [0.1, 0.15) is 0 Å². The molecule has 228 valence electrons. The van der Waals surface area contributed by atoms with Crippen molar-refractivity contribution >= 4 is 54.1 Å². The predicted molar refractivity (Wildman–Crippen MR) is 203 cm³/mol. The van der Waals surface area contributed by atoms with E-state index >= 15 is 0 Å². The molecule has 0 radical (unpaired) electrons. The molecule has 0 aliphatic heterocycles. The maximum absolute atomic E-state index is 5.21. The predicted octanol–water partition coefficient (Wildman–Crippen LogP) is 11.4. The number of hydrogen-bond donors (Lipinski definition) is 0. The van der Waals surface area contributed by atoms with Crippen LogP contribution >= 0.6 is 0 Å². The molecule has 49 heavy (non-hydrogen) atoms. The van der Waals surface area contributed by atoms with Gasteiger partial charge in [0.2, 0.25) is 0 Å². The highest BCUT2D eigenvalue weighted by molar-refractivity contribution is 6.21. The van der Waals surface area contributed by atoms with Crippen molar-refractivity contribution in [3.63, 3.8) is 0 Å². The van der Waals surface area contributed by atoms with E-state index in [1.54, 1.807) is 0 Å². The molecule has 0 bridgehead atoms. The maximum Gasteiger partial charge on any atom is 0.164 e. The highest BCUT2D eigenvalue weighted by atomic mass is 15.0. The quantitative estimate of drug-likeness (QED) is 0.183. The molecular weight excluding hydrogens is 597 g/mol. The second-order valence-electron chi connectivity index (χ2n) is 12.4. The van der Waals surface area contributed by atoms with Crippen LogP contribution in [0.2, 0.25) is 0 Å². The number of nitrogens with zero attached hydrogens (tertiary/aromatic N) is 4. The molecule has 0 unspecified atom stereocenters. The molecule has 0 fully saturated rings. The van der Waals surface area contributed by atoms with Crippen LogP contribution in [0.15, 0.2) is 170 Å². The van der Waals surface area contributed by atoms with E-state index in [1.807, 2.05) is 18.2 Å². The highest BCUT2D eigenvalue weighted by Gasteiger charge is 2.18.